The van der Waals surface area contributed by atoms with Gasteiger partial charge in [-0.15, -0.1) is 0 Å². The lowest BCUT2D eigenvalue weighted by Gasteiger charge is -2.12. The Hall–Kier alpha value is -2.21. The number of nitrogens with zero attached hydrogens (tertiary/aromatic N) is 1. The summed E-state index contributed by atoms with van der Waals surface area (Å²) in [5, 5.41) is 19.4. The van der Waals surface area contributed by atoms with Crippen molar-refractivity contribution < 1.29 is 14.8 Å². The fraction of sp³-hybridized carbons (Fsp3) is 0.182. The third-order valence-electron chi connectivity index (χ3n) is 2.29. The van der Waals surface area contributed by atoms with E-state index >= 15 is 0 Å². The maximum absolute atomic E-state index is 10.8. The molecule has 1 unspecified atom stereocenters. The van der Waals surface area contributed by atoms with E-state index < -0.39 is 16.9 Å². The average molecular weight is 236 g/mol. The number of carbonyl (C=O) groups is 1. The fourth-order valence-corrected chi connectivity index (χ4v) is 1.42. The smallest absolute Gasteiger partial charge is 0.305 e. The number of benzene rings is 1. The fourth-order valence-electron chi connectivity index (χ4n) is 1.42. The van der Waals surface area contributed by atoms with Crippen molar-refractivity contribution in [2.45, 2.75) is 12.5 Å². The summed E-state index contributed by atoms with van der Waals surface area (Å²) in [6, 6.07) is 5.13. The minimum absolute atomic E-state index is 0.127. The van der Waals surface area contributed by atoms with Crippen LogP contribution in [-0.2, 0) is 4.79 Å². The van der Waals surface area contributed by atoms with Gasteiger partial charge < -0.3 is 10.8 Å². The zero-order chi connectivity index (χ0) is 13.0. The number of carboxylic acid groups (broad SMARTS) is 1. The van der Waals surface area contributed by atoms with Gasteiger partial charge in [-0.05, 0) is 11.6 Å². The van der Waals surface area contributed by atoms with Crippen molar-refractivity contribution in [3.63, 3.8) is 0 Å². The Morgan fingerprint density at radius 2 is 2.12 bits per heavy atom. The predicted molar refractivity (Wildman–Crippen MR) is 62.4 cm³/mol. The second kappa shape index (κ2) is 5.22. The molecule has 3 N–H and O–H groups in total. The number of aliphatic carboxylic acids is 1. The summed E-state index contributed by atoms with van der Waals surface area (Å²) >= 11 is 0. The zero-order valence-corrected chi connectivity index (χ0v) is 9.00. The molecule has 1 aromatic carbocycles. The summed E-state index contributed by atoms with van der Waals surface area (Å²) in [5.74, 6) is -1.07. The van der Waals surface area contributed by atoms with Crippen molar-refractivity contribution >= 4 is 17.2 Å². The topological polar surface area (TPSA) is 106 Å². The lowest BCUT2D eigenvalue weighted by atomic mass is 9.97. The number of rotatable bonds is 5. The highest BCUT2D eigenvalue weighted by atomic mass is 16.6. The van der Waals surface area contributed by atoms with E-state index in [2.05, 4.69) is 6.58 Å². The molecule has 0 bridgehead atoms. The second-order valence-electron chi connectivity index (χ2n) is 3.50. The Morgan fingerprint density at radius 1 is 1.53 bits per heavy atom. The minimum Gasteiger partial charge on any atom is -0.481 e. The normalized spacial score (nSPS) is 11.8. The molecular formula is C11H12N2O4. The molecule has 0 aliphatic heterocycles. The van der Waals surface area contributed by atoms with Crippen LogP contribution in [0.2, 0.25) is 0 Å². The van der Waals surface area contributed by atoms with E-state index in [1.807, 2.05) is 0 Å². The number of carboxylic acids is 1. The van der Waals surface area contributed by atoms with Gasteiger partial charge in [-0.3, -0.25) is 14.9 Å². The van der Waals surface area contributed by atoms with E-state index in [4.69, 9.17) is 10.8 Å². The number of hydrogen-bond donors (Lipinski definition) is 2. The van der Waals surface area contributed by atoms with Gasteiger partial charge in [0.05, 0.1) is 16.9 Å². The van der Waals surface area contributed by atoms with Gasteiger partial charge in [0.25, 0.3) is 5.69 Å². The van der Waals surface area contributed by atoms with Gasteiger partial charge in [-0.25, -0.2) is 0 Å². The summed E-state index contributed by atoms with van der Waals surface area (Å²) in [6.07, 6.45) is -0.315. The molecule has 0 aliphatic rings. The summed E-state index contributed by atoms with van der Waals surface area (Å²) in [5.41, 5.74) is 6.01. The Kier molecular flexibility index (Phi) is 3.95. The molecule has 0 amide bonds. The molecule has 0 spiro atoms. The van der Waals surface area contributed by atoms with Crippen molar-refractivity contribution in [1.29, 1.82) is 0 Å². The van der Waals surface area contributed by atoms with E-state index in [0.29, 0.717) is 0 Å². The summed E-state index contributed by atoms with van der Waals surface area (Å²) in [7, 11) is 0. The van der Waals surface area contributed by atoms with Crippen LogP contribution in [0.25, 0.3) is 5.57 Å². The van der Waals surface area contributed by atoms with Gasteiger partial charge in [0.15, 0.2) is 0 Å². The Labute approximate surface area is 97.5 Å². The highest BCUT2D eigenvalue weighted by Crippen LogP contribution is 2.26. The number of nitro groups is 1. The maximum atomic E-state index is 10.8. The predicted octanol–water partition coefficient (Wildman–Crippen LogP) is 1.41. The average Bonchev–Trinajstić information content (AvgIpc) is 2.27. The van der Waals surface area contributed by atoms with Crippen molar-refractivity contribution in [3.8, 4) is 0 Å². The molecule has 90 valence electrons. The van der Waals surface area contributed by atoms with E-state index in [1.165, 1.54) is 18.2 Å². The van der Waals surface area contributed by atoms with E-state index in [0.717, 1.165) is 0 Å². The largest absolute Gasteiger partial charge is 0.481 e. The van der Waals surface area contributed by atoms with Gasteiger partial charge in [0, 0.05) is 12.1 Å². The lowest BCUT2D eigenvalue weighted by molar-refractivity contribution is -0.385. The van der Waals surface area contributed by atoms with Gasteiger partial charge in [0.2, 0.25) is 0 Å². The first-order valence-electron chi connectivity index (χ1n) is 4.83. The monoisotopic (exact) mass is 236 g/mol. The van der Waals surface area contributed by atoms with Crippen molar-refractivity contribution in [1.82, 2.24) is 0 Å². The Morgan fingerprint density at radius 3 is 2.65 bits per heavy atom. The van der Waals surface area contributed by atoms with Gasteiger partial charge >= 0.3 is 5.97 Å². The summed E-state index contributed by atoms with van der Waals surface area (Å²) in [6.45, 7) is 3.63. The van der Waals surface area contributed by atoms with Gasteiger partial charge in [-0.1, -0.05) is 18.7 Å². The van der Waals surface area contributed by atoms with Crippen LogP contribution in [-0.4, -0.2) is 22.0 Å². The lowest BCUT2D eigenvalue weighted by Crippen LogP contribution is -2.25. The molecule has 0 aliphatic carbocycles. The van der Waals surface area contributed by atoms with Crippen LogP contribution in [0.3, 0.4) is 0 Å². The van der Waals surface area contributed by atoms with Crippen molar-refractivity contribution in [3.05, 3.63) is 46.5 Å². The first-order valence-corrected chi connectivity index (χ1v) is 4.83. The molecular weight excluding hydrogens is 224 g/mol. The van der Waals surface area contributed by atoms with Crippen LogP contribution in [0.4, 0.5) is 5.69 Å². The second-order valence-corrected chi connectivity index (χ2v) is 3.50. The molecule has 0 saturated heterocycles. The molecule has 6 heteroatoms. The maximum Gasteiger partial charge on any atom is 0.305 e. The summed E-state index contributed by atoms with van der Waals surface area (Å²) in [4.78, 5) is 20.7. The Balaban J connectivity index is 3.04. The molecule has 0 radical (unpaired) electrons. The van der Waals surface area contributed by atoms with E-state index in [-0.39, 0.29) is 23.2 Å². The standard InChI is InChI=1S/C11H12N2O4/c1-7(9(12)6-11(14)15)8-4-2-3-5-10(8)13(16)17/h2-5,9H,1,6,12H2,(H,14,15). The van der Waals surface area contributed by atoms with Crippen LogP contribution < -0.4 is 5.73 Å². The van der Waals surface area contributed by atoms with Gasteiger partial charge in [0.1, 0.15) is 0 Å². The van der Waals surface area contributed by atoms with Crippen molar-refractivity contribution in [2.24, 2.45) is 5.73 Å². The molecule has 0 fully saturated rings. The molecule has 1 atom stereocenters. The van der Waals surface area contributed by atoms with Crippen LogP contribution >= 0.6 is 0 Å². The van der Waals surface area contributed by atoms with E-state index in [1.54, 1.807) is 6.07 Å². The van der Waals surface area contributed by atoms with Crippen LogP contribution in [0.5, 0.6) is 0 Å². The van der Waals surface area contributed by atoms with E-state index in [9.17, 15) is 14.9 Å². The summed E-state index contributed by atoms with van der Waals surface area (Å²) < 4.78 is 0. The first-order chi connectivity index (χ1) is 7.93. The third-order valence-corrected chi connectivity index (χ3v) is 2.29. The molecule has 0 saturated carbocycles. The van der Waals surface area contributed by atoms with Crippen LogP contribution in [0, 0.1) is 10.1 Å². The number of nitro benzene ring substituents is 1. The third kappa shape index (κ3) is 3.12. The van der Waals surface area contributed by atoms with Crippen LogP contribution in [0.15, 0.2) is 30.8 Å². The number of nitrogens with two attached hydrogens (primary N) is 1. The number of para-hydroxylation sites is 1. The molecule has 6 nitrogen and oxygen atoms in total. The first kappa shape index (κ1) is 12.9. The molecule has 1 rings (SSSR count). The minimum atomic E-state index is -1.07. The highest BCUT2D eigenvalue weighted by molar-refractivity contribution is 5.78. The van der Waals surface area contributed by atoms with Crippen molar-refractivity contribution in [2.75, 3.05) is 0 Å². The molecule has 1 aromatic rings. The zero-order valence-electron chi connectivity index (χ0n) is 9.00. The number of hydrogen-bond acceptors (Lipinski definition) is 4. The molecule has 0 heterocycles. The highest BCUT2D eigenvalue weighted by Gasteiger charge is 2.20. The SMILES string of the molecule is C=C(c1ccccc1[N+](=O)[O-])C(N)CC(=O)O. The molecule has 17 heavy (non-hydrogen) atoms. The van der Waals surface area contributed by atoms with Gasteiger partial charge in [-0.2, -0.15) is 0 Å². The Bertz CT molecular complexity index is 470. The molecule has 0 aromatic heterocycles. The quantitative estimate of drug-likeness (QED) is 0.593. The van der Waals surface area contributed by atoms with Crippen LogP contribution in [0.1, 0.15) is 12.0 Å².